The lowest BCUT2D eigenvalue weighted by Gasteiger charge is -2.30. The zero-order valence-electron chi connectivity index (χ0n) is 18.7. The third kappa shape index (κ3) is 5.71. The molecule has 30 heavy (non-hydrogen) atoms. The maximum absolute atomic E-state index is 13.3. The molecule has 160 valence electrons. The van der Waals surface area contributed by atoms with Crippen LogP contribution in [0.15, 0.2) is 42.5 Å². The molecule has 2 aromatic carbocycles. The number of rotatable bonds is 7. The highest BCUT2D eigenvalue weighted by molar-refractivity contribution is 5.88. The zero-order chi connectivity index (χ0) is 21.7. The summed E-state index contributed by atoms with van der Waals surface area (Å²) in [6, 6.07) is 14.0. The summed E-state index contributed by atoms with van der Waals surface area (Å²) in [7, 11) is 0. The van der Waals surface area contributed by atoms with E-state index in [1.54, 1.807) is 4.90 Å². The topological polar surface area (TPSA) is 49.4 Å². The molecule has 1 atom stereocenters. The molecule has 3 rings (SSSR count). The molecular formula is C26H34N2O2. The molecule has 4 heteroatoms. The number of nitrogens with one attached hydrogen (secondary N) is 1. The third-order valence-corrected chi connectivity index (χ3v) is 6.27. The van der Waals surface area contributed by atoms with E-state index in [9.17, 15) is 9.59 Å². The Morgan fingerprint density at radius 1 is 0.967 bits per heavy atom. The first-order valence-corrected chi connectivity index (χ1v) is 11.0. The summed E-state index contributed by atoms with van der Waals surface area (Å²) in [5.74, 6) is -0.0738. The number of amides is 2. The van der Waals surface area contributed by atoms with Gasteiger partial charge >= 0.3 is 0 Å². The molecule has 4 nitrogen and oxygen atoms in total. The molecule has 1 fully saturated rings. The van der Waals surface area contributed by atoms with Gasteiger partial charge in [-0.2, -0.15) is 0 Å². The Balaban J connectivity index is 1.77. The second-order valence-corrected chi connectivity index (χ2v) is 8.77. The van der Waals surface area contributed by atoms with E-state index in [0.29, 0.717) is 13.0 Å². The summed E-state index contributed by atoms with van der Waals surface area (Å²) in [5.41, 5.74) is 5.60. The van der Waals surface area contributed by atoms with Gasteiger partial charge in [0, 0.05) is 12.6 Å². The van der Waals surface area contributed by atoms with Crippen LogP contribution in [0.4, 0.5) is 0 Å². The molecule has 2 amide bonds. The van der Waals surface area contributed by atoms with Gasteiger partial charge in [0.15, 0.2) is 0 Å². The van der Waals surface area contributed by atoms with Gasteiger partial charge in [-0.25, -0.2) is 0 Å². The number of aryl methyl sites for hydroxylation is 3. The molecule has 0 saturated heterocycles. The van der Waals surface area contributed by atoms with Crippen molar-refractivity contribution in [1.29, 1.82) is 0 Å². The fourth-order valence-electron chi connectivity index (χ4n) is 4.05. The third-order valence-electron chi connectivity index (χ3n) is 6.27. The fraction of sp³-hybridized carbons (Fsp3) is 0.462. The first-order valence-electron chi connectivity index (χ1n) is 11.0. The summed E-state index contributed by atoms with van der Waals surface area (Å²) in [4.78, 5) is 28.0. The largest absolute Gasteiger partial charge is 0.352 e. The van der Waals surface area contributed by atoms with Crippen LogP contribution in [-0.4, -0.2) is 28.8 Å². The van der Waals surface area contributed by atoms with E-state index in [1.165, 1.54) is 16.7 Å². The van der Waals surface area contributed by atoms with E-state index in [2.05, 4.69) is 31.3 Å². The van der Waals surface area contributed by atoms with E-state index in [-0.39, 0.29) is 17.9 Å². The van der Waals surface area contributed by atoms with Gasteiger partial charge in [0.1, 0.15) is 6.04 Å². The average Bonchev–Trinajstić information content (AvgIpc) is 3.22. The highest BCUT2D eigenvalue weighted by Crippen LogP contribution is 2.19. The minimum Gasteiger partial charge on any atom is -0.352 e. The van der Waals surface area contributed by atoms with Crippen LogP contribution in [0.5, 0.6) is 0 Å². The van der Waals surface area contributed by atoms with Gasteiger partial charge < -0.3 is 10.2 Å². The first kappa shape index (κ1) is 22.1. The highest BCUT2D eigenvalue weighted by atomic mass is 16.2. The van der Waals surface area contributed by atoms with Gasteiger partial charge in [0.25, 0.3) is 0 Å². The molecule has 1 saturated carbocycles. The summed E-state index contributed by atoms with van der Waals surface area (Å²) >= 11 is 0. The lowest BCUT2D eigenvalue weighted by molar-refractivity contribution is -0.140. The van der Waals surface area contributed by atoms with Crippen LogP contribution in [0, 0.1) is 20.8 Å². The van der Waals surface area contributed by atoms with Crippen molar-refractivity contribution in [3.63, 3.8) is 0 Å². The van der Waals surface area contributed by atoms with Gasteiger partial charge in [-0.3, -0.25) is 9.59 Å². The van der Waals surface area contributed by atoms with Crippen LogP contribution in [0.25, 0.3) is 0 Å². The second kappa shape index (κ2) is 9.92. The monoisotopic (exact) mass is 406 g/mol. The fourth-order valence-corrected chi connectivity index (χ4v) is 4.05. The van der Waals surface area contributed by atoms with Crippen molar-refractivity contribution in [2.45, 2.75) is 78.4 Å². The van der Waals surface area contributed by atoms with E-state index in [4.69, 9.17) is 0 Å². The van der Waals surface area contributed by atoms with Gasteiger partial charge in [-0.1, -0.05) is 60.9 Å². The molecule has 0 unspecified atom stereocenters. The predicted molar refractivity (Wildman–Crippen MR) is 121 cm³/mol. The maximum atomic E-state index is 13.3. The van der Waals surface area contributed by atoms with Crippen LogP contribution in [0.2, 0.25) is 0 Å². The molecule has 2 aromatic rings. The first-order chi connectivity index (χ1) is 14.3. The molecule has 0 radical (unpaired) electrons. The molecule has 1 N–H and O–H groups in total. The van der Waals surface area contributed by atoms with Crippen molar-refractivity contribution in [1.82, 2.24) is 10.2 Å². The molecule has 1 aliphatic carbocycles. The zero-order valence-corrected chi connectivity index (χ0v) is 18.7. The number of benzene rings is 2. The number of carbonyl (C=O) groups is 2. The Morgan fingerprint density at radius 3 is 2.23 bits per heavy atom. The van der Waals surface area contributed by atoms with Gasteiger partial charge in [0.05, 0.1) is 6.42 Å². The lowest BCUT2D eigenvalue weighted by atomic mass is 10.0. The number of hydrogen-bond donors (Lipinski definition) is 1. The van der Waals surface area contributed by atoms with Gasteiger partial charge in [-0.15, -0.1) is 0 Å². The van der Waals surface area contributed by atoms with Crippen LogP contribution >= 0.6 is 0 Å². The van der Waals surface area contributed by atoms with Gasteiger partial charge in [-0.05, 0) is 62.8 Å². The van der Waals surface area contributed by atoms with Crippen LogP contribution < -0.4 is 5.32 Å². The normalized spacial score (nSPS) is 15.1. The van der Waals surface area contributed by atoms with Crippen molar-refractivity contribution in [2.24, 2.45) is 0 Å². The summed E-state index contributed by atoms with van der Waals surface area (Å²) in [5, 5.41) is 3.16. The lowest BCUT2D eigenvalue weighted by Crippen LogP contribution is -2.50. The SMILES string of the molecule is Cc1ccc(CN(C(=O)Cc2ccc(C)c(C)c2)[C@@H](C)C(=O)NC2CCCC2)cc1. The predicted octanol–water partition coefficient (Wildman–Crippen LogP) is 4.63. The Labute approximate surface area is 180 Å². The Hall–Kier alpha value is -2.62. The molecular weight excluding hydrogens is 372 g/mol. The van der Waals surface area contributed by atoms with Crippen molar-refractivity contribution < 1.29 is 9.59 Å². The highest BCUT2D eigenvalue weighted by Gasteiger charge is 2.28. The van der Waals surface area contributed by atoms with Crippen LogP contribution in [-0.2, 0) is 22.6 Å². The van der Waals surface area contributed by atoms with E-state index in [0.717, 1.165) is 36.8 Å². The second-order valence-electron chi connectivity index (χ2n) is 8.77. The summed E-state index contributed by atoms with van der Waals surface area (Å²) in [6.07, 6.45) is 4.70. The van der Waals surface area contributed by atoms with Crippen molar-refractivity contribution in [2.75, 3.05) is 0 Å². The van der Waals surface area contributed by atoms with E-state index >= 15 is 0 Å². The van der Waals surface area contributed by atoms with E-state index < -0.39 is 6.04 Å². The standard InChI is InChI=1S/C26H34N2O2/c1-18-9-12-22(13-10-18)17-28(21(4)26(30)27-24-7-5-6-8-24)25(29)16-23-14-11-19(2)20(3)15-23/h9-15,21,24H,5-8,16-17H2,1-4H3,(H,27,30)/t21-/m0/s1. The van der Waals surface area contributed by atoms with Gasteiger partial charge in [0.2, 0.25) is 11.8 Å². The molecule has 0 aromatic heterocycles. The Bertz CT molecular complexity index is 882. The van der Waals surface area contributed by atoms with Crippen LogP contribution in [0.3, 0.4) is 0 Å². The molecule has 0 spiro atoms. The number of nitrogens with zero attached hydrogens (tertiary/aromatic N) is 1. The minimum absolute atomic E-state index is 0.0205. The Morgan fingerprint density at radius 2 is 1.60 bits per heavy atom. The molecule has 0 heterocycles. The molecule has 0 aliphatic heterocycles. The Kier molecular flexibility index (Phi) is 7.30. The van der Waals surface area contributed by atoms with Crippen LogP contribution in [0.1, 0.15) is 60.4 Å². The molecule has 0 bridgehead atoms. The summed E-state index contributed by atoms with van der Waals surface area (Å²) in [6.45, 7) is 8.45. The van der Waals surface area contributed by atoms with Crippen molar-refractivity contribution >= 4 is 11.8 Å². The average molecular weight is 407 g/mol. The summed E-state index contributed by atoms with van der Waals surface area (Å²) < 4.78 is 0. The maximum Gasteiger partial charge on any atom is 0.242 e. The number of carbonyl (C=O) groups excluding carboxylic acids is 2. The van der Waals surface area contributed by atoms with Crippen molar-refractivity contribution in [3.05, 3.63) is 70.3 Å². The smallest absolute Gasteiger partial charge is 0.242 e. The number of hydrogen-bond acceptors (Lipinski definition) is 2. The quantitative estimate of drug-likeness (QED) is 0.729. The molecule has 1 aliphatic rings. The van der Waals surface area contributed by atoms with Crippen molar-refractivity contribution in [3.8, 4) is 0 Å². The minimum atomic E-state index is -0.508. The van der Waals surface area contributed by atoms with E-state index in [1.807, 2.05) is 44.2 Å².